The van der Waals surface area contributed by atoms with E-state index in [4.69, 9.17) is 5.73 Å². The highest BCUT2D eigenvalue weighted by Crippen LogP contribution is 2.16. The summed E-state index contributed by atoms with van der Waals surface area (Å²) in [6.07, 6.45) is 2.07. The highest BCUT2D eigenvalue weighted by molar-refractivity contribution is 5.57. The molecule has 4 nitrogen and oxygen atoms in total. The van der Waals surface area contributed by atoms with Crippen molar-refractivity contribution in [2.45, 2.75) is 19.4 Å². The Balaban J connectivity index is 2.33. The number of rotatable bonds is 3. The lowest BCUT2D eigenvalue weighted by Gasteiger charge is -2.05. The van der Waals surface area contributed by atoms with Crippen molar-refractivity contribution in [3.05, 3.63) is 42.1 Å². The van der Waals surface area contributed by atoms with Crippen molar-refractivity contribution in [1.29, 1.82) is 0 Å². The lowest BCUT2D eigenvalue weighted by Crippen LogP contribution is -2.19. The van der Waals surface area contributed by atoms with Gasteiger partial charge in [-0.05, 0) is 19.1 Å². The van der Waals surface area contributed by atoms with E-state index in [1.807, 2.05) is 6.92 Å². The second-order valence-electron chi connectivity index (χ2n) is 3.95. The maximum atomic E-state index is 13.1. The topological polar surface area (TPSA) is 64.7 Å². The number of nitrogens with zero attached hydrogens (tertiary/aromatic N) is 3. The van der Waals surface area contributed by atoms with E-state index < -0.39 is 0 Å². The van der Waals surface area contributed by atoms with Gasteiger partial charge >= 0.3 is 0 Å². The van der Waals surface area contributed by atoms with Gasteiger partial charge in [0.2, 0.25) is 0 Å². The van der Waals surface area contributed by atoms with Gasteiger partial charge in [0.05, 0.1) is 11.9 Å². The summed E-state index contributed by atoms with van der Waals surface area (Å²) in [7, 11) is 0. The Bertz CT molecular complexity index is 513. The minimum atomic E-state index is -0.296. The maximum Gasteiger partial charge on any atom is 0.153 e. The molecule has 0 aliphatic heterocycles. The van der Waals surface area contributed by atoms with Crippen LogP contribution in [0.4, 0.5) is 4.39 Å². The minimum absolute atomic E-state index is 0.0282. The first-order chi connectivity index (χ1) is 8.15. The van der Waals surface area contributed by atoms with Gasteiger partial charge in [0.15, 0.2) is 5.82 Å². The summed E-state index contributed by atoms with van der Waals surface area (Å²) in [5.74, 6) is 0.275. The molecular formula is C12H13FN4. The fourth-order valence-electron chi connectivity index (χ4n) is 1.50. The zero-order valence-electron chi connectivity index (χ0n) is 9.47. The number of nitrogens with two attached hydrogens (primary N) is 1. The fraction of sp³-hybridized carbons (Fsp3) is 0.250. The summed E-state index contributed by atoms with van der Waals surface area (Å²) in [4.78, 5) is 4.30. The van der Waals surface area contributed by atoms with Gasteiger partial charge in [-0.25, -0.2) is 9.37 Å². The predicted octanol–water partition coefficient (Wildman–Crippen LogP) is 1.57. The molecule has 1 unspecified atom stereocenters. The predicted molar refractivity (Wildman–Crippen MR) is 62.6 cm³/mol. The van der Waals surface area contributed by atoms with Crippen LogP contribution in [0.2, 0.25) is 0 Å². The van der Waals surface area contributed by atoms with E-state index >= 15 is 0 Å². The minimum Gasteiger partial charge on any atom is -0.328 e. The molecule has 2 aromatic rings. The van der Waals surface area contributed by atoms with Crippen molar-refractivity contribution < 1.29 is 4.39 Å². The van der Waals surface area contributed by atoms with Gasteiger partial charge in [-0.2, -0.15) is 5.10 Å². The second-order valence-corrected chi connectivity index (χ2v) is 3.95. The van der Waals surface area contributed by atoms with Crippen LogP contribution in [0.25, 0.3) is 11.3 Å². The van der Waals surface area contributed by atoms with Crippen LogP contribution in [-0.2, 0) is 6.42 Å². The van der Waals surface area contributed by atoms with Crippen LogP contribution in [0.15, 0.2) is 30.5 Å². The average molecular weight is 232 g/mol. The first kappa shape index (κ1) is 11.6. The molecule has 0 bridgehead atoms. The van der Waals surface area contributed by atoms with Gasteiger partial charge in [-0.3, -0.25) is 0 Å². The smallest absolute Gasteiger partial charge is 0.153 e. The van der Waals surface area contributed by atoms with Crippen LogP contribution in [0, 0.1) is 5.82 Å². The molecule has 0 aliphatic carbocycles. The molecule has 5 heteroatoms. The zero-order valence-corrected chi connectivity index (χ0v) is 9.47. The Morgan fingerprint density at radius 3 is 2.94 bits per heavy atom. The fourth-order valence-corrected chi connectivity index (χ4v) is 1.50. The number of halogens is 1. The van der Waals surface area contributed by atoms with E-state index in [1.54, 1.807) is 12.1 Å². The van der Waals surface area contributed by atoms with Crippen LogP contribution < -0.4 is 5.73 Å². The van der Waals surface area contributed by atoms with Gasteiger partial charge in [-0.1, -0.05) is 12.1 Å². The number of benzene rings is 1. The van der Waals surface area contributed by atoms with Crippen molar-refractivity contribution in [1.82, 2.24) is 15.2 Å². The highest BCUT2D eigenvalue weighted by Gasteiger charge is 2.06. The van der Waals surface area contributed by atoms with E-state index in [1.165, 1.54) is 18.3 Å². The average Bonchev–Trinajstić information content (AvgIpc) is 2.28. The summed E-state index contributed by atoms with van der Waals surface area (Å²) in [5.41, 5.74) is 6.96. The zero-order chi connectivity index (χ0) is 12.3. The van der Waals surface area contributed by atoms with Gasteiger partial charge in [0.25, 0.3) is 0 Å². The van der Waals surface area contributed by atoms with Crippen LogP contribution in [0.3, 0.4) is 0 Å². The van der Waals surface area contributed by atoms with E-state index in [0.717, 1.165) is 0 Å². The Labute approximate surface area is 98.7 Å². The van der Waals surface area contributed by atoms with Crippen LogP contribution >= 0.6 is 0 Å². The molecule has 1 aromatic carbocycles. The number of hydrogen-bond acceptors (Lipinski definition) is 4. The maximum absolute atomic E-state index is 13.1. The molecule has 0 spiro atoms. The Hall–Kier alpha value is -1.88. The van der Waals surface area contributed by atoms with Crippen LogP contribution in [-0.4, -0.2) is 21.2 Å². The van der Waals surface area contributed by atoms with Crippen LogP contribution in [0.1, 0.15) is 12.7 Å². The third kappa shape index (κ3) is 3.04. The summed E-state index contributed by atoms with van der Waals surface area (Å²) in [5, 5.41) is 7.75. The Morgan fingerprint density at radius 1 is 1.41 bits per heavy atom. The molecule has 0 aliphatic rings. The van der Waals surface area contributed by atoms with Crippen molar-refractivity contribution in [3.8, 4) is 11.3 Å². The second kappa shape index (κ2) is 4.97. The van der Waals surface area contributed by atoms with Gasteiger partial charge in [-0.15, -0.1) is 5.10 Å². The van der Waals surface area contributed by atoms with Gasteiger partial charge in [0.1, 0.15) is 5.82 Å². The molecule has 1 aromatic heterocycles. The van der Waals surface area contributed by atoms with E-state index in [0.29, 0.717) is 23.5 Å². The van der Waals surface area contributed by atoms with Gasteiger partial charge < -0.3 is 5.73 Å². The molecule has 0 fully saturated rings. The first-order valence-electron chi connectivity index (χ1n) is 5.35. The molecule has 2 N–H and O–H groups in total. The summed E-state index contributed by atoms with van der Waals surface area (Å²) in [6.45, 7) is 1.87. The molecule has 1 atom stereocenters. The summed E-state index contributed by atoms with van der Waals surface area (Å²) in [6, 6.07) is 6.20. The van der Waals surface area contributed by atoms with Crippen molar-refractivity contribution in [2.24, 2.45) is 5.73 Å². The van der Waals surface area contributed by atoms with E-state index in [9.17, 15) is 4.39 Å². The molecule has 17 heavy (non-hydrogen) atoms. The molecule has 0 amide bonds. The van der Waals surface area contributed by atoms with Crippen molar-refractivity contribution in [3.63, 3.8) is 0 Å². The third-order valence-corrected chi connectivity index (χ3v) is 2.23. The molecular weight excluding hydrogens is 219 g/mol. The number of hydrogen-bond donors (Lipinski definition) is 1. The Morgan fingerprint density at radius 2 is 2.24 bits per heavy atom. The highest BCUT2D eigenvalue weighted by atomic mass is 19.1. The quantitative estimate of drug-likeness (QED) is 0.872. The van der Waals surface area contributed by atoms with E-state index in [-0.39, 0.29) is 11.9 Å². The van der Waals surface area contributed by atoms with Crippen LogP contribution in [0.5, 0.6) is 0 Å². The molecule has 0 radical (unpaired) electrons. The van der Waals surface area contributed by atoms with Crippen molar-refractivity contribution >= 4 is 0 Å². The van der Waals surface area contributed by atoms with Crippen molar-refractivity contribution in [2.75, 3.05) is 0 Å². The summed E-state index contributed by atoms with van der Waals surface area (Å²) < 4.78 is 13.1. The molecule has 0 saturated carbocycles. The first-order valence-corrected chi connectivity index (χ1v) is 5.35. The van der Waals surface area contributed by atoms with Gasteiger partial charge in [0, 0.05) is 18.0 Å². The monoisotopic (exact) mass is 232 g/mol. The lowest BCUT2D eigenvalue weighted by molar-refractivity contribution is 0.628. The number of aromatic nitrogens is 3. The largest absolute Gasteiger partial charge is 0.328 e. The SMILES string of the molecule is CC(N)Cc1nncc(-c2cccc(F)c2)n1. The Kier molecular flexibility index (Phi) is 3.39. The normalized spacial score (nSPS) is 12.4. The molecule has 2 rings (SSSR count). The molecule has 0 saturated heterocycles. The third-order valence-electron chi connectivity index (χ3n) is 2.23. The standard InChI is InChI=1S/C12H13FN4/c1-8(14)5-12-16-11(7-15-17-12)9-3-2-4-10(13)6-9/h2-4,6-8H,5,14H2,1H3. The van der Waals surface area contributed by atoms with E-state index in [2.05, 4.69) is 15.2 Å². The molecule has 1 heterocycles. The summed E-state index contributed by atoms with van der Waals surface area (Å²) >= 11 is 0. The lowest BCUT2D eigenvalue weighted by atomic mass is 10.1. The molecule has 88 valence electrons.